The van der Waals surface area contributed by atoms with E-state index in [1.54, 1.807) is 13.0 Å². The number of carbonyl (C=O) groups excluding carboxylic acids is 1. The van der Waals surface area contributed by atoms with E-state index in [1.807, 2.05) is 36.4 Å². The zero-order chi connectivity index (χ0) is 17.2. The number of esters is 1. The average Bonchev–Trinajstić information content (AvgIpc) is 2.73. The summed E-state index contributed by atoms with van der Waals surface area (Å²) < 4.78 is 16.8. The molecule has 0 amide bonds. The van der Waals surface area contributed by atoms with Crippen molar-refractivity contribution < 1.29 is 19.0 Å². The first-order chi connectivity index (χ1) is 11.5. The maximum atomic E-state index is 11.9. The summed E-state index contributed by atoms with van der Waals surface area (Å²) in [7, 11) is 0. The second-order valence-corrected chi connectivity index (χ2v) is 6.70. The third-order valence-corrected chi connectivity index (χ3v) is 3.89. The van der Waals surface area contributed by atoms with Crippen LogP contribution in [-0.4, -0.2) is 25.8 Å². The highest BCUT2D eigenvalue weighted by Gasteiger charge is 2.25. The topological polar surface area (TPSA) is 44.8 Å². The van der Waals surface area contributed by atoms with Crippen LogP contribution in [0.2, 0.25) is 0 Å². The van der Waals surface area contributed by atoms with Crippen LogP contribution in [0.1, 0.15) is 31.1 Å². The summed E-state index contributed by atoms with van der Waals surface area (Å²) in [5.41, 5.74) is 2.43. The van der Waals surface area contributed by atoms with E-state index in [0.717, 1.165) is 22.6 Å². The second-order valence-electron chi connectivity index (χ2n) is 6.70. The van der Waals surface area contributed by atoms with Gasteiger partial charge >= 0.3 is 5.97 Å². The van der Waals surface area contributed by atoms with Gasteiger partial charge in [-0.2, -0.15) is 0 Å². The van der Waals surface area contributed by atoms with E-state index in [4.69, 9.17) is 14.2 Å². The molecule has 2 aromatic carbocycles. The summed E-state index contributed by atoms with van der Waals surface area (Å²) in [6.07, 6.45) is 0. The van der Waals surface area contributed by atoms with Crippen molar-refractivity contribution in [1.82, 2.24) is 0 Å². The Morgan fingerprint density at radius 2 is 1.75 bits per heavy atom. The first kappa shape index (κ1) is 16.4. The number of hydrogen-bond acceptors (Lipinski definition) is 4. The minimum Gasteiger partial charge on any atom is -0.489 e. The Labute approximate surface area is 142 Å². The van der Waals surface area contributed by atoms with Gasteiger partial charge in [-0.05, 0) is 42.3 Å². The van der Waals surface area contributed by atoms with Gasteiger partial charge in [0.05, 0.1) is 25.4 Å². The van der Waals surface area contributed by atoms with Crippen LogP contribution in [0.25, 0.3) is 11.1 Å². The zero-order valence-electron chi connectivity index (χ0n) is 14.3. The zero-order valence-corrected chi connectivity index (χ0v) is 14.3. The van der Waals surface area contributed by atoms with E-state index in [1.165, 1.54) is 0 Å². The molecular weight excluding hydrogens is 304 g/mol. The molecule has 1 heterocycles. The van der Waals surface area contributed by atoms with E-state index >= 15 is 0 Å². The molecule has 4 heteroatoms. The van der Waals surface area contributed by atoms with Crippen LogP contribution < -0.4 is 9.47 Å². The minimum absolute atomic E-state index is 0.0248. The first-order valence-corrected chi connectivity index (χ1v) is 8.16. The molecule has 0 spiro atoms. The van der Waals surface area contributed by atoms with E-state index in [0.29, 0.717) is 25.4 Å². The molecule has 0 fully saturated rings. The number of benzene rings is 2. The van der Waals surface area contributed by atoms with Crippen molar-refractivity contribution in [2.24, 2.45) is 5.41 Å². The predicted octanol–water partition coefficient (Wildman–Crippen LogP) is 4.33. The molecule has 0 bridgehead atoms. The first-order valence-electron chi connectivity index (χ1n) is 8.16. The Balaban J connectivity index is 1.90. The van der Waals surface area contributed by atoms with Crippen molar-refractivity contribution in [1.29, 1.82) is 0 Å². The van der Waals surface area contributed by atoms with Gasteiger partial charge in [0.15, 0.2) is 11.5 Å². The SMILES string of the molecule is CCOC(=O)c1cccc(-c2ccc3c(c2)OCC(C)(C)CO3)c1. The van der Waals surface area contributed by atoms with Gasteiger partial charge in [-0.15, -0.1) is 0 Å². The summed E-state index contributed by atoms with van der Waals surface area (Å²) in [5, 5.41) is 0. The Morgan fingerprint density at radius 1 is 1.04 bits per heavy atom. The van der Waals surface area contributed by atoms with Gasteiger partial charge in [0.2, 0.25) is 0 Å². The lowest BCUT2D eigenvalue weighted by Crippen LogP contribution is -2.26. The fourth-order valence-electron chi connectivity index (χ4n) is 2.55. The van der Waals surface area contributed by atoms with E-state index in [9.17, 15) is 4.79 Å². The van der Waals surface area contributed by atoms with Crippen molar-refractivity contribution in [2.45, 2.75) is 20.8 Å². The van der Waals surface area contributed by atoms with Gasteiger partial charge in [0, 0.05) is 5.41 Å². The van der Waals surface area contributed by atoms with Crippen molar-refractivity contribution in [3.8, 4) is 22.6 Å². The molecule has 0 aromatic heterocycles. The van der Waals surface area contributed by atoms with Crippen molar-refractivity contribution >= 4 is 5.97 Å². The minimum atomic E-state index is -0.310. The molecular formula is C20H22O4. The van der Waals surface area contributed by atoms with E-state index < -0.39 is 0 Å². The lowest BCUT2D eigenvalue weighted by Gasteiger charge is -2.19. The molecule has 1 aliphatic rings. The Morgan fingerprint density at radius 3 is 2.50 bits per heavy atom. The molecule has 3 rings (SSSR count). The van der Waals surface area contributed by atoms with Gasteiger partial charge in [0.25, 0.3) is 0 Å². The quantitative estimate of drug-likeness (QED) is 0.788. The highest BCUT2D eigenvalue weighted by molar-refractivity contribution is 5.91. The fourth-order valence-corrected chi connectivity index (χ4v) is 2.55. The summed E-state index contributed by atoms with van der Waals surface area (Å²) >= 11 is 0. The predicted molar refractivity (Wildman–Crippen MR) is 92.6 cm³/mol. The van der Waals surface area contributed by atoms with Crippen molar-refractivity contribution in [3.63, 3.8) is 0 Å². The Bertz CT molecular complexity index is 749. The third kappa shape index (κ3) is 3.53. The Hall–Kier alpha value is -2.49. The standard InChI is InChI=1S/C20H22O4/c1-4-22-19(21)16-7-5-6-14(10-16)15-8-9-17-18(11-15)24-13-20(2,3)12-23-17/h5-11H,4,12-13H2,1-3H3. The number of ether oxygens (including phenoxy) is 3. The van der Waals surface area contributed by atoms with Gasteiger partial charge in [-0.25, -0.2) is 4.79 Å². The molecule has 0 saturated carbocycles. The van der Waals surface area contributed by atoms with Crippen molar-refractivity contribution in [2.75, 3.05) is 19.8 Å². The van der Waals surface area contributed by atoms with Gasteiger partial charge in [-0.3, -0.25) is 0 Å². The van der Waals surface area contributed by atoms with E-state index in [2.05, 4.69) is 13.8 Å². The molecule has 0 N–H and O–H groups in total. The van der Waals surface area contributed by atoms with Crippen LogP contribution in [0.5, 0.6) is 11.5 Å². The monoisotopic (exact) mass is 326 g/mol. The highest BCUT2D eigenvalue weighted by Crippen LogP contribution is 2.37. The number of rotatable bonds is 3. The summed E-state index contributed by atoms with van der Waals surface area (Å²) in [6.45, 7) is 7.62. The molecule has 0 radical (unpaired) electrons. The third-order valence-electron chi connectivity index (χ3n) is 3.89. The van der Waals surface area contributed by atoms with Crippen LogP contribution in [0.4, 0.5) is 0 Å². The summed E-state index contributed by atoms with van der Waals surface area (Å²) in [5.74, 6) is 1.18. The second kappa shape index (κ2) is 6.56. The molecule has 1 aliphatic heterocycles. The maximum absolute atomic E-state index is 11.9. The molecule has 4 nitrogen and oxygen atoms in total. The lowest BCUT2D eigenvalue weighted by molar-refractivity contribution is 0.0526. The van der Waals surface area contributed by atoms with Gasteiger partial charge < -0.3 is 14.2 Å². The van der Waals surface area contributed by atoms with Gasteiger partial charge in [0.1, 0.15) is 0 Å². The van der Waals surface area contributed by atoms with E-state index in [-0.39, 0.29) is 11.4 Å². The fraction of sp³-hybridized carbons (Fsp3) is 0.350. The molecule has 0 unspecified atom stereocenters. The largest absolute Gasteiger partial charge is 0.489 e. The highest BCUT2D eigenvalue weighted by atomic mass is 16.5. The van der Waals surface area contributed by atoms with Crippen LogP contribution >= 0.6 is 0 Å². The molecule has 24 heavy (non-hydrogen) atoms. The molecule has 126 valence electrons. The molecule has 0 aliphatic carbocycles. The number of hydrogen-bond donors (Lipinski definition) is 0. The summed E-state index contributed by atoms with van der Waals surface area (Å²) in [6, 6.07) is 13.3. The lowest BCUT2D eigenvalue weighted by atomic mass is 9.97. The van der Waals surface area contributed by atoms with Crippen molar-refractivity contribution in [3.05, 3.63) is 48.0 Å². The normalized spacial score (nSPS) is 15.5. The maximum Gasteiger partial charge on any atom is 0.338 e. The van der Waals surface area contributed by atoms with Crippen LogP contribution in [0.15, 0.2) is 42.5 Å². The average molecular weight is 326 g/mol. The van der Waals surface area contributed by atoms with Crippen LogP contribution in [-0.2, 0) is 4.74 Å². The molecule has 2 aromatic rings. The van der Waals surface area contributed by atoms with Gasteiger partial charge in [-0.1, -0.05) is 32.0 Å². The smallest absolute Gasteiger partial charge is 0.338 e. The number of fused-ring (bicyclic) bond motifs is 1. The molecule has 0 saturated heterocycles. The molecule has 0 atom stereocenters. The summed E-state index contributed by atoms with van der Waals surface area (Å²) in [4.78, 5) is 11.9. The van der Waals surface area contributed by atoms with Crippen LogP contribution in [0, 0.1) is 5.41 Å². The number of carbonyl (C=O) groups is 1. The van der Waals surface area contributed by atoms with Crippen LogP contribution in [0.3, 0.4) is 0 Å². The Kier molecular flexibility index (Phi) is 4.47.